The van der Waals surface area contributed by atoms with Crippen molar-refractivity contribution in [1.29, 1.82) is 0 Å². The van der Waals surface area contributed by atoms with Crippen molar-refractivity contribution >= 4 is 11.9 Å². The number of rotatable bonds is 3. The summed E-state index contributed by atoms with van der Waals surface area (Å²) in [5, 5.41) is 9.05. The third-order valence-electron chi connectivity index (χ3n) is 5.66. The molecule has 1 heterocycles. The Morgan fingerprint density at radius 2 is 1.73 bits per heavy atom. The SMILES string of the molecule is O=C(O)c1cccc(C(=O)N2CCC3(c4ccccc4)C(C2)C3(F)F)c1. The molecule has 2 aromatic carbocycles. The number of alkyl halides is 2. The highest BCUT2D eigenvalue weighted by molar-refractivity contribution is 5.97. The molecule has 2 unspecified atom stereocenters. The topological polar surface area (TPSA) is 57.6 Å². The van der Waals surface area contributed by atoms with Gasteiger partial charge in [-0.15, -0.1) is 0 Å². The van der Waals surface area contributed by atoms with Gasteiger partial charge >= 0.3 is 5.97 Å². The number of hydrogen-bond acceptors (Lipinski definition) is 2. The molecule has 2 aliphatic rings. The summed E-state index contributed by atoms with van der Waals surface area (Å²) in [6.07, 6.45) is 0.193. The van der Waals surface area contributed by atoms with Crippen LogP contribution in [-0.4, -0.2) is 40.9 Å². The molecule has 4 rings (SSSR count). The highest BCUT2D eigenvalue weighted by atomic mass is 19.3. The zero-order valence-corrected chi connectivity index (χ0v) is 13.9. The molecule has 2 aromatic rings. The number of amides is 1. The molecule has 2 atom stereocenters. The molecule has 6 heteroatoms. The predicted octanol–water partition coefficient (Wildman–Crippen LogP) is 3.43. The van der Waals surface area contributed by atoms with Gasteiger partial charge in [-0.25, -0.2) is 13.6 Å². The molecule has 2 fully saturated rings. The first-order valence-electron chi connectivity index (χ1n) is 8.44. The average molecular weight is 357 g/mol. The van der Waals surface area contributed by atoms with E-state index in [1.165, 1.54) is 29.2 Å². The van der Waals surface area contributed by atoms with Crippen molar-refractivity contribution in [3.05, 3.63) is 71.3 Å². The summed E-state index contributed by atoms with van der Waals surface area (Å²) in [5.41, 5.74) is -0.354. The normalized spacial score (nSPS) is 26.1. The van der Waals surface area contributed by atoms with Gasteiger partial charge in [-0.3, -0.25) is 4.79 Å². The van der Waals surface area contributed by atoms with Crippen molar-refractivity contribution in [1.82, 2.24) is 4.90 Å². The van der Waals surface area contributed by atoms with Gasteiger partial charge in [0.05, 0.1) is 16.9 Å². The molecule has 0 bridgehead atoms. The molecular weight excluding hydrogens is 340 g/mol. The molecule has 134 valence electrons. The van der Waals surface area contributed by atoms with Crippen LogP contribution in [0.5, 0.6) is 0 Å². The van der Waals surface area contributed by atoms with Crippen LogP contribution in [-0.2, 0) is 5.41 Å². The van der Waals surface area contributed by atoms with E-state index in [1.807, 2.05) is 0 Å². The monoisotopic (exact) mass is 357 g/mol. The minimum absolute atomic E-state index is 0.00300. The molecule has 1 N–H and O–H groups in total. The van der Waals surface area contributed by atoms with Crippen molar-refractivity contribution in [3.8, 4) is 0 Å². The first-order valence-corrected chi connectivity index (χ1v) is 8.44. The van der Waals surface area contributed by atoms with Crippen LogP contribution in [0.2, 0.25) is 0 Å². The zero-order valence-electron chi connectivity index (χ0n) is 13.9. The summed E-state index contributed by atoms with van der Waals surface area (Å²) in [4.78, 5) is 25.2. The number of carbonyl (C=O) groups excluding carboxylic acids is 1. The third kappa shape index (κ3) is 2.25. The Hall–Kier alpha value is -2.76. The van der Waals surface area contributed by atoms with E-state index in [0.717, 1.165) is 0 Å². The average Bonchev–Trinajstić information content (AvgIpc) is 3.18. The van der Waals surface area contributed by atoms with Crippen molar-refractivity contribution in [2.75, 3.05) is 13.1 Å². The van der Waals surface area contributed by atoms with Gasteiger partial charge in [-0.2, -0.15) is 0 Å². The maximum atomic E-state index is 14.6. The van der Waals surface area contributed by atoms with Gasteiger partial charge in [0, 0.05) is 18.7 Å². The maximum absolute atomic E-state index is 14.6. The maximum Gasteiger partial charge on any atom is 0.335 e. The minimum atomic E-state index is -2.84. The van der Waals surface area contributed by atoms with Crippen molar-refractivity contribution < 1.29 is 23.5 Å². The van der Waals surface area contributed by atoms with Crippen LogP contribution in [0.1, 0.15) is 32.7 Å². The number of likely N-dealkylation sites (tertiary alicyclic amines) is 1. The highest BCUT2D eigenvalue weighted by Gasteiger charge is 2.81. The van der Waals surface area contributed by atoms with Gasteiger partial charge in [-0.1, -0.05) is 36.4 Å². The number of piperidine rings is 1. The molecule has 1 amide bonds. The van der Waals surface area contributed by atoms with E-state index in [0.29, 0.717) is 5.56 Å². The first-order chi connectivity index (χ1) is 12.4. The molecule has 1 saturated carbocycles. The van der Waals surface area contributed by atoms with Crippen LogP contribution in [0.15, 0.2) is 54.6 Å². The minimum Gasteiger partial charge on any atom is -0.478 e. The summed E-state index contributed by atoms with van der Waals surface area (Å²) in [5.74, 6) is -5.28. The molecular formula is C20H17F2NO3. The lowest BCUT2D eigenvalue weighted by Gasteiger charge is -2.30. The van der Waals surface area contributed by atoms with Gasteiger partial charge in [0.25, 0.3) is 11.8 Å². The van der Waals surface area contributed by atoms with Crippen LogP contribution >= 0.6 is 0 Å². The highest BCUT2D eigenvalue weighted by Crippen LogP contribution is 2.70. The lowest BCUT2D eigenvalue weighted by molar-refractivity contribution is 0.0689. The number of carboxylic acid groups (broad SMARTS) is 1. The van der Waals surface area contributed by atoms with Gasteiger partial charge < -0.3 is 10.0 Å². The van der Waals surface area contributed by atoms with Crippen LogP contribution in [0, 0.1) is 5.92 Å². The molecule has 1 aliphatic carbocycles. The van der Waals surface area contributed by atoms with Crippen molar-refractivity contribution in [3.63, 3.8) is 0 Å². The Bertz CT molecular complexity index is 884. The van der Waals surface area contributed by atoms with Gasteiger partial charge in [-0.05, 0) is 30.2 Å². The molecule has 26 heavy (non-hydrogen) atoms. The van der Waals surface area contributed by atoms with E-state index in [4.69, 9.17) is 5.11 Å². The lowest BCUT2D eigenvalue weighted by atomic mass is 9.87. The van der Waals surface area contributed by atoms with E-state index in [2.05, 4.69) is 0 Å². The number of carboxylic acids is 1. The second-order valence-corrected chi connectivity index (χ2v) is 6.90. The molecule has 4 nitrogen and oxygen atoms in total. The van der Waals surface area contributed by atoms with Crippen LogP contribution in [0.4, 0.5) is 8.78 Å². The third-order valence-corrected chi connectivity index (χ3v) is 5.66. The molecule has 1 saturated heterocycles. The fourth-order valence-corrected chi connectivity index (χ4v) is 4.19. The number of carbonyl (C=O) groups is 2. The van der Waals surface area contributed by atoms with Gasteiger partial charge in [0.2, 0.25) is 0 Å². The Balaban J connectivity index is 1.57. The number of hydrogen-bond donors (Lipinski definition) is 1. The molecule has 1 aliphatic heterocycles. The zero-order chi connectivity index (χ0) is 18.5. The largest absolute Gasteiger partial charge is 0.478 e. The van der Waals surface area contributed by atoms with E-state index in [9.17, 15) is 18.4 Å². The number of halogens is 2. The Labute approximate surface area is 149 Å². The second kappa shape index (κ2) is 5.62. The summed E-state index contributed by atoms with van der Waals surface area (Å²) in [7, 11) is 0. The standard InChI is InChI=1S/C20H17F2NO3/c21-20(22)16-12-23(10-9-19(16,20)15-7-2-1-3-8-15)17(24)13-5-4-6-14(11-13)18(25)26/h1-8,11,16H,9-10,12H2,(H,25,26). The lowest BCUT2D eigenvalue weighted by Crippen LogP contribution is -2.40. The van der Waals surface area contributed by atoms with E-state index in [-0.39, 0.29) is 30.6 Å². The summed E-state index contributed by atoms with van der Waals surface area (Å²) >= 11 is 0. The number of aromatic carboxylic acids is 1. The number of fused-ring (bicyclic) bond motifs is 1. The van der Waals surface area contributed by atoms with Gasteiger partial charge in [0.15, 0.2) is 0 Å². The number of nitrogens with zero attached hydrogens (tertiary/aromatic N) is 1. The van der Waals surface area contributed by atoms with Gasteiger partial charge in [0.1, 0.15) is 0 Å². The Morgan fingerprint density at radius 1 is 1.04 bits per heavy atom. The van der Waals surface area contributed by atoms with E-state index in [1.54, 1.807) is 30.3 Å². The van der Waals surface area contributed by atoms with Crippen LogP contribution in [0.25, 0.3) is 0 Å². The quantitative estimate of drug-likeness (QED) is 0.916. The van der Waals surface area contributed by atoms with Crippen LogP contribution in [0.3, 0.4) is 0 Å². The Kier molecular flexibility index (Phi) is 3.61. The fourth-order valence-electron chi connectivity index (χ4n) is 4.19. The smallest absolute Gasteiger partial charge is 0.335 e. The number of benzene rings is 2. The second-order valence-electron chi connectivity index (χ2n) is 6.90. The first kappa shape index (κ1) is 16.7. The molecule has 0 radical (unpaired) electrons. The van der Waals surface area contributed by atoms with E-state index < -0.39 is 29.1 Å². The summed E-state index contributed by atoms with van der Waals surface area (Å²) in [6, 6.07) is 14.4. The summed E-state index contributed by atoms with van der Waals surface area (Å²) in [6.45, 7) is 0.190. The van der Waals surface area contributed by atoms with E-state index >= 15 is 0 Å². The van der Waals surface area contributed by atoms with Crippen molar-refractivity contribution in [2.45, 2.75) is 17.8 Å². The van der Waals surface area contributed by atoms with Crippen LogP contribution < -0.4 is 0 Å². The summed E-state index contributed by atoms with van der Waals surface area (Å²) < 4.78 is 29.3. The Morgan fingerprint density at radius 3 is 2.38 bits per heavy atom. The predicted molar refractivity (Wildman–Crippen MR) is 90.5 cm³/mol. The fraction of sp³-hybridized carbons (Fsp3) is 0.300. The molecule has 0 spiro atoms. The molecule has 0 aromatic heterocycles. The van der Waals surface area contributed by atoms with Crippen molar-refractivity contribution in [2.24, 2.45) is 5.92 Å².